The van der Waals surface area contributed by atoms with Gasteiger partial charge in [-0.2, -0.15) is 0 Å². The van der Waals surface area contributed by atoms with E-state index in [2.05, 4.69) is 15.0 Å². The fraction of sp³-hybridized carbons (Fsp3) is 0.286. The summed E-state index contributed by atoms with van der Waals surface area (Å²) < 4.78 is 0. The summed E-state index contributed by atoms with van der Waals surface area (Å²) in [5, 5.41) is 9.36. The van der Waals surface area contributed by atoms with Gasteiger partial charge in [0.05, 0.1) is 29.8 Å². The van der Waals surface area contributed by atoms with Crippen molar-refractivity contribution in [3.63, 3.8) is 0 Å². The predicted molar refractivity (Wildman–Crippen MR) is 72.6 cm³/mol. The minimum atomic E-state index is -1.03. The second-order valence-corrected chi connectivity index (χ2v) is 5.01. The maximum atomic E-state index is 12.5. The smallest absolute Gasteiger partial charge is 0.326 e. The number of imidazole rings is 1. The Morgan fingerprint density at radius 1 is 1.38 bits per heavy atom. The molecular formula is C14H14N4O3. The van der Waals surface area contributed by atoms with Crippen LogP contribution in [0.25, 0.3) is 0 Å². The summed E-state index contributed by atoms with van der Waals surface area (Å²) in [6.07, 6.45) is 3.20. The monoisotopic (exact) mass is 286 g/mol. The molecule has 3 heterocycles. The molecule has 0 radical (unpaired) electrons. The molecule has 0 aromatic carbocycles. The zero-order valence-electron chi connectivity index (χ0n) is 11.4. The lowest BCUT2D eigenvalue weighted by Gasteiger charge is -2.32. The molecule has 2 N–H and O–H groups in total. The van der Waals surface area contributed by atoms with Gasteiger partial charge in [0.15, 0.2) is 0 Å². The van der Waals surface area contributed by atoms with Gasteiger partial charge in [0, 0.05) is 18.3 Å². The lowest BCUT2D eigenvalue weighted by molar-refractivity contribution is -0.142. The maximum Gasteiger partial charge on any atom is 0.326 e. The summed E-state index contributed by atoms with van der Waals surface area (Å²) in [7, 11) is 0. The predicted octanol–water partition coefficient (Wildman–Crippen LogP) is 0.765. The fourth-order valence-electron chi connectivity index (χ4n) is 2.43. The maximum absolute atomic E-state index is 12.5. The number of fused-ring (bicyclic) bond motifs is 1. The summed E-state index contributed by atoms with van der Waals surface area (Å²) in [5.41, 5.74) is 2.67. The van der Waals surface area contributed by atoms with E-state index in [1.54, 1.807) is 12.1 Å². The molecule has 0 aliphatic carbocycles. The third kappa shape index (κ3) is 2.37. The highest BCUT2D eigenvalue weighted by molar-refractivity contribution is 5.96. The first-order chi connectivity index (χ1) is 10.1. The quantitative estimate of drug-likeness (QED) is 0.849. The van der Waals surface area contributed by atoms with Crippen LogP contribution in [0.1, 0.15) is 27.4 Å². The molecule has 1 amide bonds. The lowest BCUT2D eigenvalue weighted by atomic mass is 10.0. The fourth-order valence-corrected chi connectivity index (χ4v) is 2.43. The number of nitrogens with zero attached hydrogens (tertiary/aromatic N) is 3. The zero-order chi connectivity index (χ0) is 15.0. The lowest BCUT2D eigenvalue weighted by Crippen LogP contribution is -2.48. The van der Waals surface area contributed by atoms with E-state index in [4.69, 9.17) is 0 Å². The number of rotatable bonds is 2. The van der Waals surface area contributed by atoms with Gasteiger partial charge in [0.2, 0.25) is 0 Å². The van der Waals surface area contributed by atoms with Crippen molar-refractivity contribution in [3.8, 4) is 0 Å². The summed E-state index contributed by atoms with van der Waals surface area (Å²) >= 11 is 0. The Morgan fingerprint density at radius 2 is 2.19 bits per heavy atom. The van der Waals surface area contributed by atoms with Crippen LogP contribution in [0.4, 0.5) is 0 Å². The molecule has 0 bridgehead atoms. The van der Waals surface area contributed by atoms with Crippen LogP contribution in [0.3, 0.4) is 0 Å². The third-order valence-electron chi connectivity index (χ3n) is 3.60. The molecule has 0 saturated carbocycles. The molecule has 2 aromatic heterocycles. The largest absolute Gasteiger partial charge is 0.480 e. The molecule has 108 valence electrons. The normalized spacial score (nSPS) is 17.4. The number of H-pyrrole nitrogens is 1. The van der Waals surface area contributed by atoms with Gasteiger partial charge in [-0.05, 0) is 19.1 Å². The number of carboxylic acids is 1. The van der Waals surface area contributed by atoms with E-state index < -0.39 is 12.0 Å². The molecule has 1 aliphatic rings. The van der Waals surface area contributed by atoms with Crippen LogP contribution in [0.15, 0.2) is 24.7 Å². The Bertz CT molecular complexity index is 692. The van der Waals surface area contributed by atoms with E-state index >= 15 is 0 Å². The number of hydrogen-bond donors (Lipinski definition) is 2. The summed E-state index contributed by atoms with van der Waals surface area (Å²) in [5.74, 6) is -1.37. The van der Waals surface area contributed by atoms with Gasteiger partial charge in [-0.1, -0.05) is 0 Å². The van der Waals surface area contributed by atoms with Crippen LogP contribution in [-0.4, -0.2) is 42.9 Å². The van der Waals surface area contributed by atoms with Crippen LogP contribution in [0.5, 0.6) is 0 Å². The van der Waals surface area contributed by atoms with Crippen molar-refractivity contribution in [2.45, 2.75) is 25.9 Å². The molecule has 0 fully saturated rings. The first-order valence-corrected chi connectivity index (χ1v) is 6.54. The van der Waals surface area contributed by atoms with Crippen molar-refractivity contribution in [2.75, 3.05) is 0 Å². The van der Waals surface area contributed by atoms with E-state index in [9.17, 15) is 14.7 Å². The van der Waals surface area contributed by atoms with Crippen molar-refractivity contribution >= 4 is 11.9 Å². The van der Waals surface area contributed by atoms with Gasteiger partial charge in [0.25, 0.3) is 5.91 Å². The molecular weight excluding hydrogens is 272 g/mol. The van der Waals surface area contributed by atoms with Crippen molar-refractivity contribution in [1.29, 1.82) is 0 Å². The summed E-state index contributed by atoms with van der Waals surface area (Å²) in [6.45, 7) is 2.03. The number of amides is 1. The van der Waals surface area contributed by atoms with Crippen LogP contribution >= 0.6 is 0 Å². The van der Waals surface area contributed by atoms with Gasteiger partial charge in [-0.25, -0.2) is 9.78 Å². The Kier molecular flexibility index (Phi) is 3.17. The van der Waals surface area contributed by atoms with Crippen LogP contribution in [0, 0.1) is 6.92 Å². The Morgan fingerprint density at radius 3 is 2.86 bits per heavy atom. The highest BCUT2D eigenvalue weighted by Gasteiger charge is 2.36. The van der Waals surface area contributed by atoms with Crippen LogP contribution in [-0.2, 0) is 17.8 Å². The first kappa shape index (κ1) is 13.3. The van der Waals surface area contributed by atoms with E-state index in [1.165, 1.54) is 17.4 Å². The number of hydrogen-bond acceptors (Lipinski definition) is 4. The van der Waals surface area contributed by atoms with Gasteiger partial charge in [-0.15, -0.1) is 0 Å². The van der Waals surface area contributed by atoms with Gasteiger partial charge >= 0.3 is 5.97 Å². The minimum absolute atomic E-state index is 0.207. The van der Waals surface area contributed by atoms with Crippen molar-refractivity contribution in [2.24, 2.45) is 0 Å². The molecule has 7 heteroatoms. The standard InChI is InChI=1S/C14H14N4O3/c1-8-2-3-9(5-15-8)13(19)18-6-11-10(16-7-17-11)4-12(18)14(20)21/h2-3,5,7,12H,4,6H2,1H3,(H,16,17)(H,20,21). The van der Waals surface area contributed by atoms with Crippen LogP contribution < -0.4 is 0 Å². The third-order valence-corrected chi connectivity index (χ3v) is 3.60. The summed E-state index contributed by atoms with van der Waals surface area (Å²) in [4.78, 5) is 36.5. The molecule has 0 saturated heterocycles. The van der Waals surface area contributed by atoms with Gasteiger partial charge < -0.3 is 15.0 Å². The highest BCUT2D eigenvalue weighted by atomic mass is 16.4. The molecule has 21 heavy (non-hydrogen) atoms. The number of carboxylic acid groups (broad SMARTS) is 1. The molecule has 2 aromatic rings. The molecule has 0 spiro atoms. The molecule has 7 nitrogen and oxygen atoms in total. The zero-order valence-corrected chi connectivity index (χ0v) is 11.4. The second-order valence-electron chi connectivity index (χ2n) is 5.01. The average molecular weight is 286 g/mol. The Hall–Kier alpha value is -2.70. The number of aromatic nitrogens is 3. The number of aliphatic carboxylic acids is 1. The van der Waals surface area contributed by atoms with Gasteiger partial charge in [-0.3, -0.25) is 9.78 Å². The Labute approximate surface area is 120 Å². The minimum Gasteiger partial charge on any atom is -0.480 e. The van der Waals surface area contributed by atoms with E-state index in [0.29, 0.717) is 11.3 Å². The number of carbonyl (C=O) groups is 2. The number of aromatic amines is 1. The number of nitrogens with one attached hydrogen (secondary N) is 1. The molecule has 1 atom stereocenters. The Balaban J connectivity index is 1.93. The van der Waals surface area contributed by atoms with Crippen LogP contribution in [0.2, 0.25) is 0 Å². The van der Waals surface area contributed by atoms with Crippen molar-refractivity contribution in [3.05, 3.63) is 47.3 Å². The first-order valence-electron chi connectivity index (χ1n) is 6.54. The topological polar surface area (TPSA) is 99.2 Å². The van der Waals surface area contributed by atoms with E-state index in [-0.39, 0.29) is 18.9 Å². The van der Waals surface area contributed by atoms with Crippen molar-refractivity contribution in [1.82, 2.24) is 19.9 Å². The van der Waals surface area contributed by atoms with E-state index in [0.717, 1.165) is 11.4 Å². The second kappa shape index (κ2) is 5.01. The number of aryl methyl sites for hydroxylation is 1. The number of pyridine rings is 1. The van der Waals surface area contributed by atoms with Crippen molar-refractivity contribution < 1.29 is 14.7 Å². The highest BCUT2D eigenvalue weighted by Crippen LogP contribution is 2.22. The molecule has 3 rings (SSSR count). The molecule has 1 aliphatic heterocycles. The number of carbonyl (C=O) groups excluding carboxylic acids is 1. The SMILES string of the molecule is Cc1ccc(C(=O)N2Cc3[nH]cnc3CC2C(=O)O)cn1. The summed E-state index contributed by atoms with van der Waals surface area (Å²) in [6, 6.07) is 2.48. The van der Waals surface area contributed by atoms with Gasteiger partial charge in [0.1, 0.15) is 6.04 Å². The van der Waals surface area contributed by atoms with E-state index in [1.807, 2.05) is 6.92 Å². The molecule has 1 unspecified atom stereocenters. The average Bonchev–Trinajstić information content (AvgIpc) is 2.93.